The first-order chi connectivity index (χ1) is 11.8. The van der Waals surface area contributed by atoms with E-state index in [1.54, 1.807) is 18.4 Å². The molecule has 1 atom stereocenters. The molecule has 128 valence electrons. The lowest BCUT2D eigenvalue weighted by molar-refractivity contribution is -0.132. The van der Waals surface area contributed by atoms with E-state index in [9.17, 15) is 4.79 Å². The smallest absolute Gasteiger partial charge is 0.222 e. The molecule has 1 aromatic carbocycles. The fourth-order valence-electron chi connectivity index (χ4n) is 3.24. The molecule has 1 amide bonds. The molecule has 1 aliphatic heterocycles. The molecule has 24 heavy (non-hydrogen) atoms. The molecular weight excluding hydrogens is 320 g/mol. The van der Waals surface area contributed by atoms with Gasteiger partial charge in [0.2, 0.25) is 5.91 Å². The quantitative estimate of drug-likeness (QED) is 0.798. The minimum absolute atomic E-state index is 0.282. The van der Waals surface area contributed by atoms with Crippen molar-refractivity contribution < 1.29 is 9.53 Å². The first-order valence-electron chi connectivity index (χ1n) is 8.56. The highest BCUT2D eigenvalue weighted by molar-refractivity contribution is 7.09. The Balaban J connectivity index is 1.45. The molecule has 0 aliphatic carbocycles. The Morgan fingerprint density at radius 1 is 1.38 bits per heavy atom. The zero-order valence-electron chi connectivity index (χ0n) is 14.1. The average molecular weight is 344 g/mol. The number of aryl methyl sites for hydroxylation is 1. The fourth-order valence-corrected chi connectivity index (χ4v) is 4.00. The van der Waals surface area contributed by atoms with Crippen LogP contribution in [0.25, 0.3) is 0 Å². The van der Waals surface area contributed by atoms with Crippen LogP contribution in [0.5, 0.6) is 5.75 Å². The van der Waals surface area contributed by atoms with Gasteiger partial charge in [-0.25, -0.2) is 4.98 Å². The van der Waals surface area contributed by atoms with E-state index in [0.29, 0.717) is 12.3 Å². The van der Waals surface area contributed by atoms with Crippen LogP contribution in [0.2, 0.25) is 0 Å². The third-order valence-corrected chi connectivity index (χ3v) is 5.53. The van der Waals surface area contributed by atoms with E-state index in [-0.39, 0.29) is 5.91 Å². The van der Waals surface area contributed by atoms with Crippen LogP contribution >= 0.6 is 11.3 Å². The summed E-state index contributed by atoms with van der Waals surface area (Å²) in [5, 5.41) is 3.19. The molecule has 1 aromatic heterocycles. The Bertz CT molecular complexity index is 640. The molecule has 1 aliphatic rings. The van der Waals surface area contributed by atoms with Gasteiger partial charge in [-0.2, -0.15) is 0 Å². The van der Waals surface area contributed by atoms with Gasteiger partial charge in [0.25, 0.3) is 0 Å². The zero-order chi connectivity index (χ0) is 16.8. The van der Waals surface area contributed by atoms with Crippen molar-refractivity contribution >= 4 is 17.2 Å². The number of benzene rings is 1. The molecule has 0 bridgehead atoms. The number of hydrogen-bond donors (Lipinski definition) is 0. The van der Waals surface area contributed by atoms with Crippen molar-refractivity contribution in [2.75, 3.05) is 20.2 Å². The van der Waals surface area contributed by atoms with Crippen LogP contribution < -0.4 is 4.74 Å². The Morgan fingerprint density at radius 3 is 2.92 bits per heavy atom. The number of methoxy groups -OCH3 is 1. The van der Waals surface area contributed by atoms with E-state index in [1.165, 1.54) is 10.6 Å². The normalized spacial score (nSPS) is 17.7. The number of carbonyl (C=O) groups excluding carboxylic acids is 1. The van der Waals surface area contributed by atoms with Crippen LogP contribution in [-0.4, -0.2) is 36.0 Å². The lowest BCUT2D eigenvalue weighted by Gasteiger charge is -2.32. The van der Waals surface area contributed by atoms with Crippen molar-refractivity contribution in [3.05, 3.63) is 46.4 Å². The van der Waals surface area contributed by atoms with Gasteiger partial charge in [0.15, 0.2) is 0 Å². The van der Waals surface area contributed by atoms with Gasteiger partial charge in [0, 0.05) is 37.0 Å². The van der Waals surface area contributed by atoms with E-state index in [4.69, 9.17) is 4.74 Å². The van der Waals surface area contributed by atoms with Crippen LogP contribution in [0.4, 0.5) is 0 Å². The second-order valence-corrected chi connectivity index (χ2v) is 7.18. The molecule has 0 spiro atoms. The number of likely N-dealkylation sites (tertiary alicyclic amines) is 1. The van der Waals surface area contributed by atoms with Gasteiger partial charge in [0.05, 0.1) is 12.1 Å². The van der Waals surface area contributed by atoms with Gasteiger partial charge < -0.3 is 9.64 Å². The second-order valence-electron chi connectivity index (χ2n) is 6.25. The highest BCUT2D eigenvalue weighted by Crippen LogP contribution is 2.28. The number of rotatable bonds is 6. The Morgan fingerprint density at radius 2 is 2.21 bits per heavy atom. The SMILES string of the molecule is COc1ccc(CCCC(=O)N2CCC[C@H](c3nccs3)C2)cc1. The largest absolute Gasteiger partial charge is 0.497 e. The summed E-state index contributed by atoms with van der Waals surface area (Å²) in [4.78, 5) is 18.9. The maximum Gasteiger partial charge on any atom is 0.222 e. The first kappa shape index (κ1) is 17.0. The molecule has 0 N–H and O–H groups in total. The Hall–Kier alpha value is -1.88. The molecule has 2 aromatic rings. The lowest BCUT2D eigenvalue weighted by atomic mass is 9.98. The van der Waals surface area contributed by atoms with Gasteiger partial charge in [-0.3, -0.25) is 4.79 Å². The molecule has 5 heteroatoms. The van der Waals surface area contributed by atoms with Crippen LogP contribution in [-0.2, 0) is 11.2 Å². The average Bonchev–Trinajstić information content (AvgIpc) is 3.17. The van der Waals surface area contributed by atoms with Gasteiger partial charge in [-0.05, 0) is 43.4 Å². The van der Waals surface area contributed by atoms with Crippen molar-refractivity contribution in [1.82, 2.24) is 9.88 Å². The number of amides is 1. The number of carbonyl (C=O) groups is 1. The summed E-state index contributed by atoms with van der Waals surface area (Å²) in [7, 11) is 1.67. The summed E-state index contributed by atoms with van der Waals surface area (Å²) in [6.07, 6.45) is 6.52. The summed E-state index contributed by atoms with van der Waals surface area (Å²) in [5.41, 5.74) is 1.25. The van der Waals surface area contributed by atoms with E-state index in [1.807, 2.05) is 28.6 Å². The molecule has 0 unspecified atom stereocenters. The molecule has 1 fully saturated rings. The number of nitrogens with zero attached hydrogens (tertiary/aromatic N) is 2. The van der Waals surface area contributed by atoms with E-state index in [2.05, 4.69) is 17.1 Å². The molecule has 2 heterocycles. The minimum Gasteiger partial charge on any atom is -0.497 e. The van der Waals surface area contributed by atoms with Gasteiger partial charge >= 0.3 is 0 Å². The van der Waals surface area contributed by atoms with Crippen molar-refractivity contribution in [3.8, 4) is 5.75 Å². The number of hydrogen-bond acceptors (Lipinski definition) is 4. The third-order valence-electron chi connectivity index (χ3n) is 4.59. The summed E-state index contributed by atoms with van der Waals surface area (Å²) in [6.45, 7) is 1.72. The van der Waals surface area contributed by atoms with Crippen molar-refractivity contribution in [3.63, 3.8) is 0 Å². The Kier molecular flexibility index (Phi) is 5.86. The van der Waals surface area contributed by atoms with Crippen LogP contribution in [0.1, 0.15) is 42.2 Å². The zero-order valence-corrected chi connectivity index (χ0v) is 14.9. The molecule has 3 rings (SSSR count). The fraction of sp³-hybridized carbons (Fsp3) is 0.474. The van der Waals surface area contributed by atoms with E-state index in [0.717, 1.165) is 44.5 Å². The highest BCUT2D eigenvalue weighted by atomic mass is 32.1. The summed E-state index contributed by atoms with van der Waals surface area (Å²) < 4.78 is 5.17. The highest BCUT2D eigenvalue weighted by Gasteiger charge is 2.25. The van der Waals surface area contributed by atoms with Crippen molar-refractivity contribution in [1.29, 1.82) is 0 Å². The topological polar surface area (TPSA) is 42.4 Å². The predicted molar refractivity (Wildman–Crippen MR) is 96.6 cm³/mol. The van der Waals surface area contributed by atoms with Gasteiger partial charge in [0.1, 0.15) is 5.75 Å². The van der Waals surface area contributed by atoms with Crippen molar-refractivity contribution in [2.24, 2.45) is 0 Å². The summed E-state index contributed by atoms with van der Waals surface area (Å²) in [6, 6.07) is 8.09. The van der Waals surface area contributed by atoms with Crippen molar-refractivity contribution in [2.45, 2.75) is 38.0 Å². The second kappa shape index (κ2) is 8.29. The molecule has 4 nitrogen and oxygen atoms in total. The van der Waals surface area contributed by atoms with E-state index < -0.39 is 0 Å². The number of thiazole rings is 1. The maximum absolute atomic E-state index is 12.5. The van der Waals surface area contributed by atoms with Crippen LogP contribution in [0, 0.1) is 0 Å². The maximum atomic E-state index is 12.5. The number of ether oxygens (including phenoxy) is 1. The van der Waals surface area contributed by atoms with Crippen LogP contribution in [0.3, 0.4) is 0 Å². The molecule has 1 saturated heterocycles. The summed E-state index contributed by atoms with van der Waals surface area (Å²) >= 11 is 1.70. The predicted octanol–water partition coefficient (Wildman–Crippen LogP) is 3.88. The standard InChI is InChI=1S/C19H24N2O2S/c1-23-17-9-7-15(8-10-17)4-2-6-18(22)21-12-3-5-16(14-21)19-20-11-13-24-19/h7-11,13,16H,2-6,12,14H2,1H3/t16-/m0/s1. The van der Waals surface area contributed by atoms with Crippen LogP contribution in [0.15, 0.2) is 35.8 Å². The molecule has 0 saturated carbocycles. The van der Waals surface area contributed by atoms with E-state index >= 15 is 0 Å². The molecule has 0 radical (unpaired) electrons. The monoisotopic (exact) mass is 344 g/mol. The third kappa shape index (κ3) is 4.35. The first-order valence-corrected chi connectivity index (χ1v) is 9.44. The molecular formula is C19H24N2O2S. The number of piperidine rings is 1. The lowest BCUT2D eigenvalue weighted by Crippen LogP contribution is -2.39. The number of aromatic nitrogens is 1. The summed E-state index contributed by atoms with van der Waals surface area (Å²) in [5.74, 6) is 1.57. The Labute approximate surface area is 147 Å². The van der Waals surface area contributed by atoms with Gasteiger partial charge in [-0.1, -0.05) is 12.1 Å². The van der Waals surface area contributed by atoms with Gasteiger partial charge in [-0.15, -0.1) is 11.3 Å². The minimum atomic E-state index is 0.282.